The van der Waals surface area contributed by atoms with Gasteiger partial charge >= 0.3 is 0 Å². The van der Waals surface area contributed by atoms with E-state index in [0.717, 1.165) is 48.5 Å². The Bertz CT molecular complexity index is 1180. The average molecular weight is 485 g/mol. The fourth-order valence-corrected chi connectivity index (χ4v) is 5.36. The van der Waals surface area contributed by atoms with Crippen molar-refractivity contribution in [2.24, 2.45) is 7.05 Å². The summed E-state index contributed by atoms with van der Waals surface area (Å²) in [5.41, 5.74) is 2.96. The van der Waals surface area contributed by atoms with Crippen LogP contribution in [-0.2, 0) is 13.6 Å². The third-order valence-electron chi connectivity index (χ3n) is 5.48. The van der Waals surface area contributed by atoms with Crippen molar-refractivity contribution in [2.45, 2.75) is 23.5 Å². The Morgan fingerprint density at radius 2 is 2.06 bits per heavy atom. The van der Waals surface area contributed by atoms with Crippen molar-refractivity contribution in [3.63, 3.8) is 0 Å². The van der Waals surface area contributed by atoms with Gasteiger partial charge in [-0.25, -0.2) is 0 Å². The van der Waals surface area contributed by atoms with E-state index in [9.17, 15) is 14.9 Å². The minimum atomic E-state index is -0.488. The number of aromatic nitrogens is 3. The van der Waals surface area contributed by atoms with Crippen molar-refractivity contribution in [1.29, 1.82) is 0 Å². The van der Waals surface area contributed by atoms with E-state index in [4.69, 9.17) is 0 Å². The number of nitrogens with zero attached hydrogens (tertiary/aromatic N) is 5. The SMILES string of the molecule is Cc1c(CN2CCSCC2)cccc1NC(=O)c1ccc(Sc2nncn2C)c([N+](=O)[O-])c1. The first-order valence-electron chi connectivity index (χ1n) is 10.4. The summed E-state index contributed by atoms with van der Waals surface area (Å²) >= 11 is 3.10. The Balaban J connectivity index is 1.52. The fraction of sp³-hybridized carbons (Fsp3) is 0.318. The minimum absolute atomic E-state index is 0.149. The van der Waals surface area contributed by atoms with Crippen LogP contribution in [0.15, 0.2) is 52.8 Å². The van der Waals surface area contributed by atoms with E-state index in [1.165, 1.54) is 18.0 Å². The second kappa shape index (κ2) is 10.4. The summed E-state index contributed by atoms with van der Waals surface area (Å²) in [5.74, 6) is 1.89. The molecule has 0 atom stereocenters. The van der Waals surface area contributed by atoms with Gasteiger partial charge < -0.3 is 9.88 Å². The van der Waals surface area contributed by atoms with Gasteiger partial charge in [-0.05, 0) is 48.0 Å². The lowest BCUT2D eigenvalue weighted by molar-refractivity contribution is -0.387. The number of nitrogens with one attached hydrogen (secondary N) is 1. The third kappa shape index (κ3) is 5.55. The van der Waals surface area contributed by atoms with Crippen LogP contribution in [0, 0.1) is 17.0 Å². The summed E-state index contributed by atoms with van der Waals surface area (Å²) in [5, 5.41) is 22.9. The number of hydrogen-bond donors (Lipinski definition) is 1. The molecule has 11 heteroatoms. The van der Waals surface area contributed by atoms with E-state index in [0.29, 0.717) is 15.7 Å². The monoisotopic (exact) mass is 484 g/mol. The predicted octanol–water partition coefficient (Wildman–Crippen LogP) is 3.98. The molecule has 1 amide bonds. The van der Waals surface area contributed by atoms with Gasteiger partial charge in [0.1, 0.15) is 6.33 Å². The minimum Gasteiger partial charge on any atom is -0.322 e. The van der Waals surface area contributed by atoms with Crippen LogP contribution in [0.25, 0.3) is 0 Å². The van der Waals surface area contributed by atoms with Crippen LogP contribution in [0.1, 0.15) is 21.5 Å². The largest absolute Gasteiger partial charge is 0.322 e. The maximum absolute atomic E-state index is 12.9. The van der Waals surface area contributed by atoms with Crippen molar-refractivity contribution in [3.8, 4) is 0 Å². The summed E-state index contributed by atoms with van der Waals surface area (Å²) in [7, 11) is 1.76. The van der Waals surface area contributed by atoms with Crippen LogP contribution in [0.4, 0.5) is 11.4 Å². The number of nitro benzene ring substituents is 1. The molecule has 3 aromatic rings. The van der Waals surface area contributed by atoms with Crippen LogP contribution < -0.4 is 5.32 Å². The van der Waals surface area contributed by atoms with Crippen LogP contribution in [0.2, 0.25) is 0 Å². The molecule has 9 nitrogen and oxygen atoms in total. The summed E-state index contributed by atoms with van der Waals surface area (Å²) in [6.07, 6.45) is 1.52. The van der Waals surface area contributed by atoms with Gasteiger partial charge in [-0.2, -0.15) is 11.8 Å². The number of amides is 1. The van der Waals surface area contributed by atoms with Crippen molar-refractivity contribution in [2.75, 3.05) is 29.9 Å². The van der Waals surface area contributed by atoms with Crippen LogP contribution >= 0.6 is 23.5 Å². The predicted molar refractivity (Wildman–Crippen MR) is 130 cm³/mol. The van der Waals surface area contributed by atoms with Gasteiger partial charge in [0.25, 0.3) is 11.6 Å². The molecule has 0 saturated carbocycles. The van der Waals surface area contributed by atoms with Gasteiger partial charge in [0.05, 0.1) is 9.82 Å². The highest BCUT2D eigenvalue weighted by Crippen LogP contribution is 2.34. The van der Waals surface area contributed by atoms with Gasteiger partial charge in [0.2, 0.25) is 0 Å². The maximum atomic E-state index is 12.9. The Kier molecular flexibility index (Phi) is 7.31. The lowest BCUT2D eigenvalue weighted by atomic mass is 10.1. The lowest BCUT2D eigenvalue weighted by Gasteiger charge is -2.27. The zero-order valence-corrected chi connectivity index (χ0v) is 20.0. The molecule has 2 aromatic carbocycles. The molecule has 1 aliphatic rings. The quantitative estimate of drug-likeness (QED) is 0.396. The van der Waals surface area contributed by atoms with E-state index in [1.54, 1.807) is 23.7 Å². The number of thioether (sulfide) groups is 1. The third-order valence-corrected chi connectivity index (χ3v) is 7.54. The molecule has 0 aliphatic carbocycles. The maximum Gasteiger partial charge on any atom is 0.284 e. The molecule has 1 fully saturated rings. The van der Waals surface area contributed by atoms with Gasteiger partial charge in [-0.3, -0.25) is 19.8 Å². The summed E-state index contributed by atoms with van der Waals surface area (Å²) in [4.78, 5) is 26.9. The highest BCUT2D eigenvalue weighted by Gasteiger charge is 2.21. The highest BCUT2D eigenvalue weighted by atomic mass is 32.2. The van der Waals surface area contributed by atoms with Gasteiger partial charge in [0, 0.05) is 55.5 Å². The second-order valence-corrected chi connectivity index (χ2v) is 9.93. The molecule has 0 spiro atoms. The van der Waals surface area contributed by atoms with Crippen LogP contribution in [0.3, 0.4) is 0 Å². The van der Waals surface area contributed by atoms with E-state index in [1.807, 2.05) is 30.8 Å². The zero-order valence-electron chi connectivity index (χ0n) is 18.4. The molecular weight excluding hydrogens is 460 g/mol. The Morgan fingerprint density at radius 3 is 2.76 bits per heavy atom. The Hall–Kier alpha value is -2.89. The van der Waals surface area contributed by atoms with E-state index in [-0.39, 0.29) is 17.2 Å². The summed E-state index contributed by atoms with van der Waals surface area (Å²) in [6.45, 7) is 4.95. The van der Waals surface area contributed by atoms with E-state index >= 15 is 0 Å². The van der Waals surface area contributed by atoms with Gasteiger partial charge in [-0.15, -0.1) is 10.2 Å². The first-order chi connectivity index (χ1) is 15.9. The van der Waals surface area contributed by atoms with E-state index in [2.05, 4.69) is 26.5 Å². The van der Waals surface area contributed by atoms with Crippen LogP contribution in [-0.4, -0.2) is 55.1 Å². The van der Waals surface area contributed by atoms with Crippen molar-refractivity contribution < 1.29 is 9.72 Å². The second-order valence-electron chi connectivity index (χ2n) is 7.70. The first kappa shape index (κ1) is 23.3. The number of carbonyl (C=O) groups is 1. The molecule has 0 unspecified atom stereocenters. The first-order valence-corrected chi connectivity index (χ1v) is 12.4. The molecule has 1 aliphatic heterocycles. The Labute approximate surface area is 200 Å². The Morgan fingerprint density at radius 1 is 1.27 bits per heavy atom. The number of benzene rings is 2. The van der Waals surface area contributed by atoms with E-state index < -0.39 is 4.92 Å². The smallest absolute Gasteiger partial charge is 0.284 e. The number of carbonyl (C=O) groups excluding carboxylic acids is 1. The molecule has 33 heavy (non-hydrogen) atoms. The van der Waals surface area contributed by atoms with Crippen molar-refractivity contribution in [3.05, 3.63) is 69.5 Å². The number of rotatable bonds is 7. The average Bonchev–Trinajstić information content (AvgIpc) is 3.21. The molecule has 2 heterocycles. The molecule has 172 valence electrons. The van der Waals surface area contributed by atoms with Crippen LogP contribution in [0.5, 0.6) is 0 Å². The molecular formula is C22H24N6O3S2. The van der Waals surface area contributed by atoms with Gasteiger partial charge in [-0.1, -0.05) is 12.1 Å². The number of anilines is 1. The molecule has 1 N–H and O–H groups in total. The normalized spacial score (nSPS) is 14.2. The molecule has 4 rings (SSSR count). The van der Waals surface area contributed by atoms with Crippen molar-refractivity contribution in [1.82, 2.24) is 19.7 Å². The summed E-state index contributed by atoms with van der Waals surface area (Å²) < 4.78 is 1.67. The highest BCUT2D eigenvalue weighted by molar-refractivity contribution is 7.99. The van der Waals surface area contributed by atoms with Gasteiger partial charge in [0.15, 0.2) is 5.16 Å². The van der Waals surface area contributed by atoms with Crippen molar-refractivity contribution >= 4 is 40.8 Å². The zero-order chi connectivity index (χ0) is 23.4. The summed E-state index contributed by atoms with van der Waals surface area (Å²) in [6, 6.07) is 10.3. The standard InChI is InChI=1S/C22H24N6O3S2/c1-15-17(13-27-8-10-32-11-9-27)4-3-5-18(15)24-21(29)16-6-7-20(19(12-16)28(30)31)33-22-25-23-14-26(22)2/h3-7,12,14H,8-11,13H2,1-2H3,(H,24,29). The molecule has 0 bridgehead atoms. The fourth-order valence-electron chi connectivity index (χ4n) is 3.54. The number of aryl methyl sites for hydroxylation is 1. The molecule has 1 aromatic heterocycles. The molecule has 1 saturated heterocycles. The number of nitro groups is 1. The molecule has 0 radical (unpaired) electrons. The number of hydrogen-bond acceptors (Lipinski definition) is 8. The lowest BCUT2D eigenvalue weighted by Crippen LogP contribution is -2.32. The topological polar surface area (TPSA) is 106 Å².